The van der Waals surface area contributed by atoms with Gasteiger partial charge < -0.3 is 20.0 Å². The maximum absolute atomic E-state index is 13.6. The summed E-state index contributed by atoms with van der Waals surface area (Å²) in [5.74, 6) is -5.31. The Bertz CT molecular complexity index is 1560. The number of alkyl halides is 5. The van der Waals surface area contributed by atoms with Crippen LogP contribution in [0.2, 0.25) is 0 Å². The van der Waals surface area contributed by atoms with Crippen LogP contribution in [0, 0.1) is 0 Å². The normalized spacial score (nSPS) is 17.9. The number of nitrogen functional groups attached to an aromatic ring is 1. The van der Waals surface area contributed by atoms with Gasteiger partial charge in [-0.05, 0) is 13.3 Å². The van der Waals surface area contributed by atoms with E-state index in [1.54, 1.807) is 0 Å². The lowest BCUT2D eigenvalue weighted by atomic mass is 9.83. The number of hydrogen-bond acceptors (Lipinski definition) is 9. The number of nitrogens with one attached hydrogen (secondary N) is 1. The molecule has 3 N–H and O–H groups in total. The standard InChI is InChI=1S/C22H20F5N9O2/c1-9(2)17-34-18(35-38-17)20(3)12-13(28)31-14(32-15(12)33-19(20)37)11-8-36-7-6-29-16(36)10(30-11)4-5-21(23,24)22(25,26)27/h6-9H,4-5H2,1-3H3,(H3,28,31,32,33,37). The highest BCUT2D eigenvalue weighted by Crippen LogP contribution is 2.44. The van der Waals surface area contributed by atoms with E-state index in [-0.39, 0.29) is 51.8 Å². The zero-order chi connectivity index (χ0) is 27.6. The molecule has 4 aromatic heterocycles. The Hall–Kier alpha value is -4.24. The van der Waals surface area contributed by atoms with Crippen LogP contribution in [0.15, 0.2) is 23.1 Å². The predicted molar refractivity (Wildman–Crippen MR) is 121 cm³/mol. The van der Waals surface area contributed by atoms with Gasteiger partial charge in [0.25, 0.3) is 0 Å². The average Bonchev–Trinajstić information content (AvgIpc) is 3.55. The number of aryl methyl sites for hydroxylation is 1. The zero-order valence-corrected chi connectivity index (χ0v) is 20.1. The van der Waals surface area contributed by atoms with Crippen LogP contribution >= 0.6 is 0 Å². The Morgan fingerprint density at radius 3 is 2.55 bits per heavy atom. The third-order valence-corrected chi connectivity index (χ3v) is 6.27. The van der Waals surface area contributed by atoms with Crippen molar-refractivity contribution in [2.75, 3.05) is 11.1 Å². The lowest BCUT2D eigenvalue weighted by Gasteiger charge is -2.19. The first kappa shape index (κ1) is 25.4. The third-order valence-electron chi connectivity index (χ3n) is 6.27. The fraction of sp³-hybridized carbons (Fsp3) is 0.409. The summed E-state index contributed by atoms with van der Waals surface area (Å²) < 4.78 is 71.9. The van der Waals surface area contributed by atoms with E-state index in [4.69, 9.17) is 10.3 Å². The average molecular weight is 537 g/mol. The van der Waals surface area contributed by atoms with E-state index in [1.807, 2.05) is 13.8 Å². The summed E-state index contributed by atoms with van der Waals surface area (Å²) in [6.07, 6.45) is -3.74. The number of halogens is 5. The van der Waals surface area contributed by atoms with Crippen molar-refractivity contribution in [2.24, 2.45) is 0 Å². The number of fused-ring (bicyclic) bond motifs is 2. The van der Waals surface area contributed by atoms with Crippen LogP contribution in [0.1, 0.15) is 56.1 Å². The number of nitrogens with two attached hydrogens (primary N) is 1. The van der Waals surface area contributed by atoms with Gasteiger partial charge in [-0.3, -0.25) is 4.79 Å². The molecule has 1 aliphatic rings. The second kappa shape index (κ2) is 8.39. The Labute approximate surface area is 210 Å². The van der Waals surface area contributed by atoms with E-state index in [0.717, 1.165) is 0 Å². The molecule has 0 aromatic carbocycles. The van der Waals surface area contributed by atoms with E-state index in [0.29, 0.717) is 5.89 Å². The van der Waals surface area contributed by atoms with Crippen molar-refractivity contribution in [1.82, 2.24) is 34.5 Å². The van der Waals surface area contributed by atoms with E-state index < -0.39 is 36.3 Å². The molecule has 38 heavy (non-hydrogen) atoms. The monoisotopic (exact) mass is 537 g/mol. The van der Waals surface area contributed by atoms with Gasteiger partial charge in [0, 0.05) is 30.9 Å². The molecule has 5 rings (SSSR count). The van der Waals surface area contributed by atoms with Gasteiger partial charge in [-0.25, -0.2) is 19.9 Å². The third kappa shape index (κ3) is 3.90. The van der Waals surface area contributed by atoms with Gasteiger partial charge in [-0.15, -0.1) is 0 Å². The molecule has 1 unspecified atom stereocenters. The first-order chi connectivity index (χ1) is 17.7. The van der Waals surface area contributed by atoms with Gasteiger partial charge in [0.15, 0.2) is 17.3 Å². The highest BCUT2D eigenvalue weighted by Gasteiger charge is 2.56. The molecule has 1 atom stereocenters. The SMILES string of the molecule is CC(C)c1nc(C2(C)C(=O)Nc3nc(-c4cn5ccnc5c(CCC(F)(F)C(F)(F)F)n4)nc(N)c32)no1. The van der Waals surface area contributed by atoms with Gasteiger partial charge in [-0.2, -0.15) is 26.9 Å². The lowest BCUT2D eigenvalue weighted by Crippen LogP contribution is -2.36. The number of aromatic nitrogens is 7. The number of anilines is 2. The van der Waals surface area contributed by atoms with Crippen LogP contribution in [0.5, 0.6) is 0 Å². The molecule has 11 nitrogen and oxygen atoms in total. The van der Waals surface area contributed by atoms with Crippen LogP contribution in [-0.4, -0.2) is 52.5 Å². The molecule has 0 saturated heterocycles. The van der Waals surface area contributed by atoms with Crippen LogP contribution in [0.3, 0.4) is 0 Å². The van der Waals surface area contributed by atoms with E-state index in [9.17, 15) is 26.7 Å². The number of rotatable bonds is 6. The zero-order valence-electron chi connectivity index (χ0n) is 20.1. The molecule has 4 aromatic rings. The summed E-state index contributed by atoms with van der Waals surface area (Å²) in [5, 5.41) is 6.56. The number of amides is 1. The minimum Gasteiger partial charge on any atom is -0.383 e. The second-order valence-electron chi connectivity index (χ2n) is 9.28. The lowest BCUT2D eigenvalue weighted by molar-refractivity contribution is -0.284. The highest BCUT2D eigenvalue weighted by atomic mass is 19.4. The number of hydrogen-bond donors (Lipinski definition) is 2. The fourth-order valence-corrected chi connectivity index (χ4v) is 4.10. The Morgan fingerprint density at radius 2 is 1.89 bits per heavy atom. The van der Waals surface area contributed by atoms with Crippen molar-refractivity contribution in [3.63, 3.8) is 0 Å². The summed E-state index contributed by atoms with van der Waals surface area (Å²) in [6.45, 7) is 5.22. The Morgan fingerprint density at radius 1 is 1.16 bits per heavy atom. The van der Waals surface area contributed by atoms with Gasteiger partial charge >= 0.3 is 12.1 Å². The molecule has 0 aliphatic carbocycles. The van der Waals surface area contributed by atoms with E-state index >= 15 is 0 Å². The van der Waals surface area contributed by atoms with Crippen molar-refractivity contribution in [1.29, 1.82) is 0 Å². The number of nitrogens with zero attached hydrogens (tertiary/aromatic N) is 7. The molecule has 0 saturated carbocycles. The van der Waals surface area contributed by atoms with E-state index in [1.165, 1.54) is 29.9 Å². The van der Waals surface area contributed by atoms with Crippen LogP contribution < -0.4 is 11.1 Å². The molecule has 0 bridgehead atoms. The van der Waals surface area contributed by atoms with Crippen molar-refractivity contribution in [3.05, 3.63) is 41.6 Å². The first-order valence-corrected chi connectivity index (χ1v) is 11.3. The molecule has 200 valence electrons. The molecule has 5 heterocycles. The smallest absolute Gasteiger partial charge is 0.383 e. The van der Waals surface area contributed by atoms with Crippen molar-refractivity contribution in [2.45, 2.75) is 57.0 Å². The van der Waals surface area contributed by atoms with Crippen LogP contribution in [0.4, 0.5) is 33.6 Å². The largest absolute Gasteiger partial charge is 0.453 e. The molecular formula is C22H20F5N9O2. The second-order valence-corrected chi connectivity index (χ2v) is 9.28. The van der Waals surface area contributed by atoms with Crippen molar-refractivity contribution >= 4 is 23.2 Å². The Kier molecular flexibility index (Phi) is 5.61. The maximum Gasteiger partial charge on any atom is 0.453 e. The van der Waals surface area contributed by atoms with Gasteiger partial charge in [0.05, 0.1) is 11.3 Å². The van der Waals surface area contributed by atoms with Crippen LogP contribution in [0.25, 0.3) is 17.2 Å². The number of imidazole rings is 1. The van der Waals surface area contributed by atoms with Crippen molar-refractivity contribution in [3.8, 4) is 11.5 Å². The molecule has 1 aliphatic heterocycles. The fourth-order valence-electron chi connectivity index (χ4n) is 4.10. The van der Waals surface area contributed by atoms with Crippen LogP contribution in [-0.2, 0) is 16.6 Å². The predicted octanol–water partition coefficient (Wildman–Crippen LogP) is 3.66. The first-order valence-electron chi connectivity index (χ1n) is 11.3. The quantitative estimate of drug-likeness (QED) is 0.351. The molecule has 1 amide bonds. The molecular weight excluding hydrogens is 517 g/mol. The van der Waals surface area contributed by atoms with Crippen molar-refractivity contribution < 1.29 is 31.3 Å². The number of carbonyl (C=O) groups excluding carboxylic acids is 1. The minimum atomic E-state index is -5.70. The van der Waals surface area contributed by atoms with Gasteiger partial charge in [0.1, 0.15) is 22.7 Å². The topological polar surface area (TPSA) is 150 Å². The molecule has 0 radical (unpaired) electrons. The highest BCUT2D eigenvalue weighted by molar-refractivity contribution is 6.08. The summed E-state index contributed by atoms with van der Waals surface area (Å²) in [7, 11) is 0. The minimum absolute atomic E-state index is 0.0137. The molecule has 16 heteroatoms. The van der Waals surface area contributed by atoms with Gasteiger partial charge in [0.2, 0.25) is 11.8 Å². The summed E-state index contributed by atoms with van der Waals surface area (Å²) in [6, 6.07) is 0. The van der Waals surface area contributed by atoms with Gasteiger partial charge in [-0.1, -0.05) is 19.0 Å². The molecule has 0 spiro atoms. The molecule has 0 fully saturated rings. The summed E-state index contributed by atoms with van der Waals surface area (Å²) in [5.41, 5.74) is 4.97. The summed E-state index contributed by atoms with van der Waals surface area (Å²) >= 11 is 0. The van der Waals surface area contributed by atoms with E-state index in [2.05, 4.69) is 35.4 Å². The Balaban J connectivity index is 1.56. The number of carbonyl (C=O) groups is 1. The maximum atomic E-state index is 13.6. The summed E-state index contributed by atoms with van der Waals surface area (Å²) in [4.78, 5) is 34.2.